The summed E-state index contributed by atoms with van der Waals surface area (Å²) in [5, 5.41) is 25.6. The summed E-state index contributed by atoms with van der Waals surface area (Å²) in [7, 11) is 0. The number of rotatable bonds is 16. The van der Waals surface area contributed by atoms with Gasteiger partial charge in [0.1, 0.15) is 18.1 Å². The van der Waals surface area contributed by atoms with E-state index >= 15 is 0 Å². The number of hydrogen-bond donors (Lipinski definition) is 9. The third kappa shape index (κ3) is 12.2. The van der Waals surface area contributed by atoms with Crippen LogP contribution in [0.15, 0.2) is 4.99 Å². The molecule has 11 N–H and O–H groups in total. The quantitative estimate of drug-likeness (QED) is 0.0456. The van der Waals surface area contributed by atoms with Gasteiger partial charge in [-0.05, 0) is 25.2 Å². The normalized spacial score (nSPS) is 14.3. The fraction of sp³-hybridized carbons (Fsp3) is 0.684. The number of aliphatic imine (C=N–C) groups is 1. The minimum Gasteiger partial charge on any atom is -0.481 e. The van der Waals surface area contributed by atoms with E-state index in [1.165, 1.54) is 0 Å². The van der Waals surface area contributed by atoms with Crippen molar-refractivity contribution >= 4 is 48.2 Å². The molecule has 0 aliphatic heterocycles. The minimum absolute atomic E-state index is 0.0102. The Morgan fingerprint density at radius 2 is 1.50 bits per heavy atom. The van der Waals surface area contributed by atoms with Crippen molar-refractivity contribution < 1.29 is 34.2 Å². The minimum atomic E-state index is -1.36. The van der Waals surface area contributed by atoms with Crippen LogP contribution in [0, 0.1) is 5.92 Å². The molecule has 0 aliphatic carbocycles. The first-order valence-electron chi connectivity index (χ1n) is 10.6. The fourth-order valence-electron chi connectivity index (χ4n) is 2.71. The van der Waals surface area contributed by atoms with Crippen molar-refractivity contribution in [1.29, 1.82) is 0 Å². The van der Waals surface area contributed by atoms with E-state index in [9.17, 15) is 29.1 Å². The molecule has 0 aliphatic rings. The highest BCUT2D eigenvalue weighted by Crippen LogP contribution is 2.07. The molecule has 4 atom stereocenters. The molecule has 0 fully saturated rings. The van der Waals surface area contributed by atoms with Gasteiger partial charge in [0.25, 0.3) is 0 Å². The Bertz CT molecular complexity index is 759. The van der Waals surface area contributed by atoms with Crippen LogP contribution in [0.1, 0.15) is 39.5 Å². The molecule has 3 amide bonds. The maximum absolute atomic E-state index is 12.8. The van der Waals surface area contributed by atoms with Gasteiger partial charge in [0, 0.05) is 18.7 Å². The molecule has 0 saturated carbocycles. The Balaban J connectivity index is 5.43. The van der Waals surface area contributed by atoms with E-state index in [2.05, 4.69) is 33.6 Å². The molecule has 0 aromatic carbocycles. The molecule has 14 nitrogen and oxygen atoms in total. The van der Waals surface area contributed by atoms with Gasteiger partial charge in [-0.1, -0.05) is 13.8 Å². The zero-order valence-corrected chi connectivity index (χ0v) is 20.1. The van der Waals surface area contributed by atoms with Gasteiger partial charge in [-0.25, -0.2) is 4.79 Å². The fourth-order valence-corrected chi connectivity index (χ4v) is 2.88. The van der Waals surface area contributed by atoms with Crippen molar-refractivity contribution in [1.82, 2.24) is 16.0 Å². The summed E-state index contributed by atoms with van der Waals surface area (Å²) in [6.45, 7) is 3.45. The Kier molecular flexibility index (Phi) is 14.3. The van der Waals surface area contributed by atoms with Gasteiger partial charge in [0.2, 0.25) is 17.7 Å². The molecule has 0 radical (unpaired) electrons. The third-order valence-corrected chi connectivity index (χ3v) is 5.01. The van der Waals surface area contributed by atoms with Crippen LogP contribution < -0.4 is 33.2 Å². The van der Waals surface area contributed by atoms with Crippen LogP contribution in [0.4, 0.5) is 0 Å². The highest BCUT2D eigenvalue weighted by atomic mass is 32.1. The van der Waals surface area contributed by atoms with Crippen molar-refractivity contribution in [2.45, 2.75) is 63.7 Å². The predicted molar refractivity (Wildman–Crippen MR) is 127 cm³/mol. The van der Waals surface area contributed by atoms with Gasteiger partial charge in [-0.3, -0.25) is 24.2 Å². The smallest absolute Gasteiger partial charge is 0.326 e. The van der Waals surface area contributed by atoms with Crippen molar-refractivity contribution in [3.8, 4) is 0 Å². The van der Waals surface area contributed by atoms with Gasteiger partial charge in [0.05, 0.1) is 6.04 Å². The monoisotopic (exact) mass is 505 g/mol. The van der Waals surface area contributed by atoms with Crippen LogP contribution in [0.5, 0.6) is 0 Å². The number of amides is 3. The van der Waals surface area contributed by atoms with Crippen LogP contribution in [0.2, 0.25) is 0 Å². The van der Waals surface area contributed by atoms with E-state index in [4.69, 9.17) is 22.3 Å². The Morgan fingerprint density at radius 3 is 1.97 bits per heavy atom. The first kappa shape index (κ1) is 30.9. The van der Waals surface area contributed by atoms with Crippen molar-refractivity contribution in [3.63, 3.8) is 0 Å². The van der Waals surface area contributed by atoms with E-state index in [0.29, 0.717) is 0 Å². The number of nitrogens with one attached hydrogen (secondary N) is 3. The van der Waals surface area contributed by atoms with Gasteiger partial charge in [-0.15, -0.1) is 0 Å². The number of carboxylic acid groups (broad SMARTS) is 2. The number of carbonyl (C=O) groups is 5. The zero-order chi connectivity index (χ0) is 26.4. The lowest BCUT2D eigenvalue weighted by molar-refractivity contribution is -0.143. The molecule has 0 heterocycles. The van der Waals surface area contributed by atoms with E-state index in [-0.39, 0.29) is 37.5 Å². The average Bonchev–Trinajstić information content (AvgIpc) is 2.74. The van der Waals surface area contributed by atoms with Crippen molar-refractivity contribution in [2.24, 2.45) is 28.1 Å². The van der Waals surface area contributed by atoms with Gasteiger partial charge < -0.3 is 43.4 Å². The molecule has 0 aromatic heterocycles. The molecule has 0 saturated heterocycles. The molecule has 4 unspecified atom stereocenters. The number of carboxylic acids is 2. The Morgan fingerprint density at radius 1 is 0.912 bits per heavy atom. The predicted octanol–water partition coefficient (Wildman–Crippen LogP) is -2.64. The molecular formula is C19H35N7O7S. The molecule has 34 heavy (non-hydrogen) atoms. The zero-order valence-electron chi connectivity index (χ0n) is 19.2. The SMILES string of the molecule is CC(C)C(NC(=O)C(N)CS)C(=O)NC(CCC(=O)O)C(=O)NC(CCCN=C(N)N)C(=O)O. The number of aliphatic carboxylic acids is 2. The van der Waals surface area contributed by atoms with E-state index in [1.807, 2.05) is 0 Å². The van der Waals surface area contributed by atoms with E-state index < -0.39 is 66.2 Å². The second-order valence-corrected chi connectivity index (χ2v) is 8.23. The van der Waals surface area contributed by atoms with Gasteiger partial charge in [-0.2, -0.15) is 12.6 Å². The number of nitrogens with two attached hydrogens (primary N) is 3. The second kappa shape index (κ2) is 15.7. The number of thiol groups is 1. The highest BCUT2D eigenvalue weighted by Gasteiger charge is 2.31. The summed E-state index contributed by atoms with van der Waals surface area (Å²) in [6, 6.07) is -4.72. The molecule has 0 spiro atoms. The van der Waals surface area contributed by atoms with Gasteiger partial charge in [0.15, 0.2) is 5.96 Å². The largest absolute Gasteiger partial charge is 0.481 e. The maximum Gasteiger partial charge on any atom is 0.326 e. The Labute approximate surface area is 202 Å². The highest BCUT2D eigenvalue weighted by molar-refractivity contribution is 7.80. The lowest BCUT2D eigenvalue weighted by atomic mass is 10.0. The van der Waals surface area contributed by atoms with E-state index in [0.717, 1.165) is 0 Å². The maximum atomic E-state index is 12.8. The first-order chi connectivity index (χ1) is 15.8. The number of guanidine groups is 1. The summed E-state index contributed by atoms with van der Waals surface area (Å²) in [5.74, 6) is -5.31. The van der Waals surface area contributed by atoms with Crippen LogP contribution in [-0.2, 0) is 24.0 Å². The topological polar surface area (TPSA) is 252 Å². The molecule has 0 aromatic rings. The van der Waals surface area contributed by atoms with E-state index in [1.54, 1.807) is 13.8 Å². The van der Waals surface area contributed by atoms with Crippen LogP contribution >= 0.6 is 12.6 Å². The third-order valence-electron chi connectivity index (χ3n) is 4.62. The number of nitrogens with zero attached hydrogens (tertiary/aromatic N) is 1. The van der Waals surface area contributed by atoms with Crippen LogP contribution in [0.25, 0.3) is 0 Å². The molecular weight excluding hydrogens is 470 g/mol. The van der Waals surface area contributed by atoms with Crippen LogP contribution in [0.3, 0.4) is 0 Å². The first-order valence-corrected chi connectivity index (χ1v) is 11.2. The summed E-state index contributed by atoms with van der Waals surface area (Å²) in [4.78, 5) is 64.0. The molecule has 15 heteroatoms. The summed E-state index contributed by atoms with van der Waals surface area (Å²) >= 11 is 3.94. The second-order valence-electron chi connectivity index (χ2n) is 7.86. The number of hydrogen-bond acceptors (Lipinski definition) is 8. The lowest BCUT2D eigenvalue weighted by Crippen LogP contribution is -2.58. The molecule has 0 bridgehead atoms. The summed E-state index contributed by atoms with van der Waals surface area (Å²) < 4.78 is 0. The van der Waals surface area contributed by atoms with Crippen LogP contribution in [-0.4, -0.2) is 82.3 Å². The number of carbonyl (C=O) groups excluding carboxylic acids is 3. The average molecular weight is 506 g/mol. The molecule has 194 valence electrons. The van der Waals surface area contributed by atoms with Gasteiger partial charge >= 0.3 is 11.9 Å². The lowest BCUT2D eigenvalue weighted by Gasteiger charge is -2.26. The summed E-state index contributed by atoms with van der Waals surface area (Å²) in [6.07, 6.45) is -0.538. The van der Waals surface area contributed by atoms with Crippen molar-refractivity contribution in [3.05, 3.63) is 0 Å². The standard InChI is InChI=1S/C19H35N7O7S/c1-9(2)14(26-15(29)10(20)8-34)17(31)24-11(5-6-13(27)28)16(30)25-12(18(32)33)4-3-7-23-19(21)22/h9-12,14,34H,3-8,20H2,1-2H3,(H,24,31)(H,25,30)(H,26,29)(H,27,28)(H,32,33)(H4,21,22,23). The Hall–Kier alpha value is -3.07. The van der Waals surface area contributed by atoms with Crippen molar-refractivity contribution in [2.75, 3.05) is 12.3 Å². The summed E-state index contributed by atoms with van der Waals surface area (Å²) in [5.41, 5.74) is 16.0. The molecule has 0 rings (SSSR count).